The molecule has 1 amide bonds. The number of amides is 1. The van der Waals surface area contributed by atoms with Crippen LogP contribution in [0, 0.1) is 5.92 Å². The van der Waals surface area contributed by atoms with Crippen LogP contribution in [-0.4, -0.2) is 59.5 Å². The third-order valence-corrected chi connectivity index (χ3v) is 5.48. The fourth-order valence-corrected chi connectivity index (χ4v) is 3.83. The summed E-state index contributed by atoms with van der Waals surface area (Å²) in [6.45, 7) is 4.66. The van der Waals surface area contributed by atoms with Crippen molar-refractivity contribution in [1.82, 2.24) is 30.7 Å². The van der Waals surface area contributed by atoms with E-state index < -0.39 is 0 Å². The van der Waals surface area contributed by atoms with E-state index in [2.05, 4.69) is 26.0 Å². The number of aromatic nitrogens is 3. The zero-order chi connectivity index (χ0) is 18.6. The second kappa shape index (κ2) is 8.22. The monoisotopic (exact) mass is 372 g/mol. The number of piperidine rings is 2. The maximum atomic E-state index is 12.7. The number of hydrogen-bond acceptors (Lipinski definition) is 6. The summed E-state index contributed by atoms with van der Waals surface area (Å²) >= 11 is 0. The standard InChI is InChI=1S/C19H28N6O2/c1-25-18-15(17(24-25)19(26)22-14-6-10-21-11-7-14)2-3-16(23-18)27-12-13-4-8-20-9-5-13/h2-3,13-14,20-21H,4-12H2,1H3,(H,22,26). The summed E-state index contributed by atoms with van der Waals surface area (Å²) in [5, 5.41) is 14.9. The van der Waals surface area contributed by atoms with Crippen LogP contribution >= 0.6 is 0 Å². The predicted octanol–water partition coefficient (Wildman–Crippen LogP) is 0.829. The highest BCUT2D eigenvalue weighted by molar-refractivity contribution is 6.04. The number of nitrogens with one attached hydrogen (secondary N) is 3. The molecule has 4 heterocycles. The highest BCUT2D eigenvalue weighted by Crippen LogP contribution is 2.21. The van der Waals surface area contributed by atoms with Crippen molar-refractivity contribution >= 4 is 16.9 Å². The smallest absolute Gasteiger partial charge is 0.272 e. The first kappa shape index (κ1) is 18.2. The lowest BCUT2D eigenvalue weighted by molar-refractivity contribution is 0.0925. The Morgan fingerprint density at radius 2 is 1.89 bits per heavy atom. The normalized spacial score (nSPS) is 19.3. The molecule has 0 spiro atoms. The van der Waals surface area contributed by atoms with Crippen LogP contribution in [-0.2, 0) is 7.05 Å². The van der Waals surface area contributed by atoms with Crippen LogP contribution in [0.1, 0.15) is 36.2 Å². The van der Waals surface area contributed by atoms with E-state index in [0.29, 0.717) is 29.7 Å². The molecule has 8 nitrogen and oxygen atoms in total. The SMILES string of the molecule is Cn1nc(C(=O)NC2CCNCC2)c2ccc(OCC3CCNCC3)nc21. The molecule has 4 rings (SSSR count). The van der Waals surface area contributed by atoms with E-state index in [1.165, 1.54) is 0 Å². The Hall–Kier alpha value is -2.19. The molecule has 0 unspecified atom stereocenters. The van der Waals surface area contributed by atoms with Crippen LogP contribution in [0.3, 0.4) is 0 Å². The predicted molar refractivity (Wildman–Crippen MR) is 103 cm³/mol. The van der Waals surface area contributed by atoms with Gasteiger partial charge in [-0.3, -0.25) is 4.79 Å². The van der Waals surface area contributed by atoms with Crippen LogP contribution in [0.4, 0.5) is 0 Å². The van der Waals surface area contributed by atoms with Crippen molar-refractivity contribution in [3.63, 3.8) is 0 Å². The lowest BCUT2D eigenvalue weighted by Crippen LogP contribution is -2.42. The molecule has 27 heavy (non-hydrogen) atoms. The van der Waals surface area contributed by atoms with Crippen LogP contribution < -0.4 is 20.7 Å². The Bertz CT molecular complexity index is 793. The first-order chi connectivity index (χ1) is 13.2. The largest absolute Gasteiger partial charge is 0.477 e. The molecule has 0 atom stereocenters. The third-order valence-electron chi connectivity index (χ3n) is 5.48. The third kappa shape index (κ3) is 4.22. The summed E-state index contributed by atoms with van der Waals surface area (Å²) in [7, 11) is 1.81. The summed E-state index contributed by atoms with van der Waals surface area (Å²) in [5.74, 6) is 1.04. The van der Waals surface area contributed by atoms with Gasteiger partial charge in [-0.1, -0.05) is 0 Å². The van der Waals surface area contributed by atoms with Crippen molar-refractivity contribution in [2.75, 3.05) is 32.8 Å². The lowest BCUT2D eigenvalue weighted by atomic mass is 9.99. The van der Waals surface area contributed by atoms with Gasteiger partial charge in [0, 0.05) is 19.2 Å². The molecule has 0 radical (unpaired) electrons. The number of rotatable bonds is 5. The number of pyridine rings is 1. The van der Waals surface area contributed by atoms with Crippen LogP contribution in [0.25, 0.3) is 11.0 Å². The van der Waals surface area contributed by atoms with Gasteiger partial charge in [0.1, 0.15) is 0 Å². The zero-order valence-electron chi connectivity index (χ0n) is 15.8. The van der Waals surface area contributed by atoms with Crippen molar-refractivity contribution in [2.45, 2.75) is 31.7 Å². The average Bonchev–Trinajstić information content (AvgIpc) is 3.04. The fraction of sp³-hybridized carbons (Fsp3) is 0.632. The molecule has 8 heteroatoms. The Morgan fingerprint density at radius 3 is 2.63 bits per heavy atom. The summed E-state index contributed by atoms with van der Waals surface area (Å²) in [4.78, 5) is 17.3. The van der Waals surface area contributed by atoms with E-state index in [1.807, 2.05) is 19.2 Å². The van der Waals surface area contributed by atoms with Crippen LogP contribution in [0.2, 0.25) is 0 Å². The quantitative estimate of drug-likeness (QED) is 0.720. The van der Waals surface area contributed by atoms with E-state index in [4.69, 9.17) is 4.74 Å². The molecule has 2 saturated heterocycles. The Labute approximate surface area is 159 Å². The number of fused-ring (bicyclic) bond motifs is 1. The Balaban J connectivity index is 1.46. The number of hydrogen-bond donors (Lipinski definition) is 3. The molecule has 0 saturated carbocycles. The molecule has 2 fully saturated rings. The van der Waals surface area contributed by atoms with Crippen molar-refractivity contribution in [3.8, 4) is 5.88 Å². The van der Waals surface area contributed by atoms with Gasteiger partial charge in [0.25, 0.3) is 5.91 Å². The van der Waals surface area contributed by atoms with E-state index >= 15 is 0 Å². The van der Waals surface area contributed by atoms with Gasteiger partial charge in [0.2, 0.25) is 5.88 Å². The minimum absolute atomic E-state index is 0.127. The van der Waals surface area contributed by atoms with Crippen LogP contribution in [0.15, 0.2) is 12.1 Å². The van der Waals surface area contributed by atoms with Gasteiger partial charge in [-0.05, 0) is 63.8 Å². The maximum Gasteiger partial charge on any atom is 0.272 e. The molecular formula is C19H28N6O2. The van der Waals surface area contributed by atoms with Gasteiger partial charge in [-0.2, -0.15) is 10.1 Å². The number of carbonyl (C=O) groups is 1. The number of ether oxygens (including phenoxy) is 1. The first-order valence-electron chi connectivity index (χ1n) is 9.89. The summed E-state index contributed by atoms with van der Waals surface area (Å²) in [6, 6.07) is 3.94. The van der Waals surface area contributed by atoms with E-state index in [1.54, 1.807) is 4.68 Å². The summed E-state index contributed by atoms with van der Waals surface area (Å²) < 4.78 is 7.57. The molecule has 0 bridgehead atoms. The van der Waals surface area contributed by atoms with Crippen molar-refractivity contribution in [3.05, 3.63) is 17.8 Å². The number of nitrogens with zero attached hydrogens (tertiary/aromatic N) is 3. The molecule has 2 aliphatic rings. The topological polar surface area (TPSA) is 93.1 Å². The summed E-state index contributed by atoms with van der Waals surface area (Å²) in [5.41, 5.74) is 1.11. The zero-order valence-corrected chi connectivity index (χ0v) is 15.8. The fourth-order valence-electron chi connectivity index (χ4n) is 3.83. The Morgan fingerprint density at radius 1 is 1.19 bits per heavy atom. The second-order valence-electron chi connectivity index (χ2n) is 7.49. The minimum atomic E-state index is -0.127. The molecular weight excluding hydrogens is 344 g/mol. The molecule has 2 aromatic rings. The molecule has 146 valence electrons. The van der Waals surface area contributed by atoms with Gasteiger partial charge in [0.05, 0.1) is 12.0 Å². The maximum absolute atomic E-state index is 12.7. The first-order valence-corrected chi connectivity index (χ1v) is 9.89. The number of aryl methyl sites for hydroxylation is 1. The van der Waals surface area contributed by atoms with Crippen molar-refractivity contribution in [1.29, 1.82) is 0 Å². The summed E-state index contributed by atoms with van der Waals surface area (Å²) in [6.07, 6.45) is 4.16. The van der Waals surface area contributed by atoms with Crippen LogP contribution in [0.5, 0.6) is 5.88 Å². The Kier molecular flexibility index (Phi) is 5.54. The lowest BCUT2D eigenvalue weighted by Gasteiger charge is -2.23. The highest BCUT2D eigenvalue weighted by atomic mass is 16.5. The van der Waals surface area contributed by atoms with E-state index in [0.717, 1.165) is 57.2 Å². The highest BCUT2D eigenvalue weighted by Gasteiger charge is 2.22. The van der Waals surface area contributed by atoms with Crippen molar-refractivity contribution < 1.29 is 9.53 Å². The van der Waals surface area contributed by atoms with E-state index in [9.17, 15) is 4.79 Å². The minimum Gasteiger partial charge on any atom is -0.477 e. The number of carbonyl (C=O) groups excluding carboxylic acids is 1. The van der Waals surface area contributed by atoms with Gasteiger partial charge >= 0.3 is 0 Å². The second-order valence-corrected chi connectivity index (χ2v) is 7.49. The average molecular weight is 372 g/mol. The molecule has 0 aliphatic carbocycles. The van der Waals surface area contributed by atoms with Gasteiger partial charge in [-0.15, -0.1) is 0 Å². The van der Waals surface area contributed by atoms with Gasteiger partial charge in [-0.25, -0.2) is 4.68 Å². The molecule has 2 aliphatic heterocycles. The van der Waals surface area contributed by atoms with E-state index in [-0.39, 0.29) is 11.9 Å². The van der Waals surface area contributed by atoms with Gasteiger partial charge < -0.3 is 20.7 Å². The molecule has 0 aromatic carbocycles. The molecule has 3 N–H and O–H groups in total. The van der Waals surface area contributed by atoms with Gasteiger partial charge in [0.15, 0.2) is 11.3 Å². The molecule has 2 aromatic heterocycles. The van der Waals surface area contributed by atoms with Crippen molar-refractivity contribution in [2.24, 2.45) is 13.0 Å².